The van der Waals surface area contributed by atoms with Gasteiger partial charge in [0.25, 0.3) is 0 Å². The number of rotatable bonds is 7. The molecule has 0 saturated carbocycles. The van der Waals surface area contributed by atoms with Crippen molar-refractivity contribution in [2.45, 2.75) is 19.1 Å². The summed E-state index contributed by atoms with van der Waals surface area (Å²) in [5.41, 5.74) is 0.776. The molecule has 0 unspecified atom stereocenters. The molecule has 4 rings (SSSR count). The first-order valence-corrected chi connectivity index (χ1v) is 12.0. The molecule has 0 bridgehead atoms. The molecule has 2 aromatic carbocycles. The molecule has 2 heterocycles. The highest BCUT2D eigenvalue weighted by molar-refractivity contribution is 7.55. The Hall–Kier alpha value is -2.31. The summed E-state index contributed by atoms with van der Waals surface area (Å²) in [5, 5.41) is -1.41. The van der Waals surface area contributed by atoms with Crippen LogP contribution in [0.4, 0.5) is 5.69 Å². The first kappa shape index (κ1) is 21.9. The number of aliphatic imine (C=N–C) groups is 1. The summed E-state index contributed by atoms with van der Waals surface area (Å²) in [5.74, 6) is -2.99. The summed E-state index contributed by atoms with van der Waals surface area (Å²) in [4.78, 5) is 32.6. The number of fused-ring (bicyclic) bond motifs is 1. The fourth-order valence-electron chi connectivity index (χ4n) is 4.32. The molecular weight excluding hydrogens is 439 g/mol. The molecule has 9 heteroatoms. The van der Waals surface area contributed by atoms with Gasteiger partial charge in [-0.05, 0) is 31.5 Å². The highest BCUT2D eigenvalue weighted by Crippen LogP contribution is 2.72. The van der Waals surface area contributed by atoms with Crippen LogP contribution in [-0.2, 0) is 28.5 Å². The standard InChI is InChI=1S/C22H22ClN2O5P/c1-3-29-31(28,30-4-2)22(15-10-6-5-7-11-15)19-16(14-24-22)20(26)25(21(19)27)18-13-9-8-12-17(18)23/h5-14,16,19H,3-4H2,1-2H3/t16-,19+,22+/m1/s1. The van der Waals surface area contributed by atoms with Gasteiger partial charge in [0, 0.05) is 6.21 Å². The number of anilines is 1. The predicted octanol–water partition coefficient (Wildman–Crippen LogP) is 4.65. The van der Waals surface area contributed by atoms with Crippen LogP contribution in [-0.4, -0.2) is 31.2 Å². The Balaban J connectivity index is 1.92. The van der Waals surface area contributed by atoms with Crippen molar-refractivity contribution in [1.82, 2.24) is 0 Å². The summed E-state index contributed by atoms with van der Waals surface area (Å²) in [6.45, 7) is 3.57. The molecular formula is C22H22ClN2O5P. The predicted molar refractivity (Wildman–Crippen MR) is 118 cm³/mol. The van der Waals surface area contributed by atoms with E-state index in [1.165, 1.54) is 6.21 Å². The van der Waals surface area contributed by atoms with Crippen LogP contribution in [0.15, 0.2) is 59.6 Å². The largest absolute Gasteiger partial charge is 0.363 e. The average molecular weight is 461 g/mol. The fourth-order valence-corrected chi connectivity index (χ4v) is 6.97. The maximum Gasteiger partial charge on any atom is 0.363 e. The lowest BCUT2D eigenvalue weighted by molar-refractivity contribution is -0.123. The summed E-state index contributed by atoms with van der Waals surface area (Å²) in [6.07, 6.45) is 1.40. The highest BCUT2D eigenvalue weighted by atomic mass is 35.5. The van der Waals surface area contributed by atoms with Gasteiger partial charge in [0.1, 0.15) is 0 Å². The normalized spacial score (nSPS) is 25.3. The Bertz CT molecular complexity index is 1080. The van der Waals surface area contributed by atoms with E-state index in [-0.39, 0.29) is 23.9 Å². The topological polar surface area (TPSA) is 85.3 Å². The Kier molecular flexibility index (Phi) is 5.88. The Labute approximate surface area is 185 Å². The van der Waals surface area contributed by atoms with E-state index < -0.39 is 36.5 Å². The van der Waals surface area contributed by atoms with Gasteiger partial charge in [-0.2, -0.15) is 0 Å². The monoisotopic (exact) mass is 460 g/mol. The van der Waals surface area contributed by atoms with Crippen molar-refractivity contribution in [3.05, 3.63) is 65.2 Å². The first-order chi connectivity index (χ1) is 14.9. The van der Waals surface area contributed by atoms with E-state index in [9.17, 15) is 14.2 Å². The molecule has 0 radical (unpaired) electrons. The lowest BCUT2D eigenvalue weighted by Crippen LogP contribution is -2.40. The second-order valence-corrected chi connectivity index (χ2v) is 9.77. The van der Waals surface area contributed by atoms with Gasteiger partial charge in [0.15, 0.2) is 5.28 Å². The zero-order valence-electron chi connectivity index (χ0n) is 17.1. The van der Waals surface area contributed by atoms with Crippen LogP contribution >= 0.6 is 19.2 Å². The van der Waals surface area contributed by atoms with Crippen LogP contribution in [0.3, 0.4) is 0 Å². The third-order valence-corrected chi connectivity index (χ3v) is 8.53. The molecule has 2 amide bonds. The minimum atomic E-state index is -4.01. The second kappa shape index (κ2) is 8.32. The zero-order chi connectivity index (χ0) is 22.2. The van der Waals surface area contributed by atoms with Crippen LogP contribution < -0.4 is 4.90 Å². The van der Waals surface area contributed by atoms with Crippen LogP contribution in [0, 0.1) is 11.8 Å². The molecule has 7 nitrogen and oxygen atoms in total. The summed E-state index contributed by atoms with van der Waals surface area (Å²) >= 11 is 6.29. The number of nitrogens with zero attached hydrogens (tertiary/aromatic N) is 2. The number of imide groups is 1. The zero-order valence-corrected chi connectivity index (χ0v) is 18.8. The van der Waals surface area contributed by atoms with Crippen LogP contribution in [0.5, 0.6) is 0 Å². The highest BCUT2D eigenvalue weighted by Gasteiger charge is 2.69. The number of benzene rings is 2. The van der Waals surface area contributed by atoms with Gasteiger partial charge in [0.05, 0.1) is 35.8 Å². The van der Waals surface area contributed by atoms with E-state index in [1.807, 2.05) is 0 Å². The van der Waals surface area contributed by atoms with E-state index in [0.29, 0.717) is 5.56 Å². The fraction of sp³-hybridized carbons (Fsp3) is 0.318. The molecule has 1 fully saturated rings. The van der Waals surface area contributed by atoms with Crippen molar-refractivity contribution in [1.29, 1.82) is 0 Å². The van der Waals surface area contributed by atoms with Gasteiger partial charge in [-0.15, -0.1) is 0 Å². The maximum atomic E-state index is 14.2. The lowest BCUT2D eigenvalue weighted by Gasteiger charge is -2.37. The van der Waals surface area contributed by atoms with E-state index >= 15 is 0 Å². The average Bonchev–Trinajstić information content (AvgIpc) is 3.28. The summed E-state index contributed by atoms with van der Waals surface area (Å²) < 4.78 is 25.5. The third kappa shape index (κ3) is 3.19. The number of para-hydroxylation sites is 1. The molecule has 2 aliphatic rings. The van der Waals surface area contributed by atoms with Gasteiger partial charge >= 0.3 is 7.60 Å². The number of hydrogen-bond donors (Lipinski definition) is 0. The first-order valence-electron chi connectivity index (χ1n) is 10.0. The Morgan fingerprint density at radius 3 is 2.23 bits per heavy atom. The number of hydrogen-bond acceptors (Lipinski definition) is 6. The minimum Gasteiger partial charge on any atom is -0.307 e. The molecule has 0 N–H and O–H groups in total. The quantitative estimate of drug-likeness (QED) is 0.443. The van der Waals surface area contributed by atoms with E-state index in [1.54, 1.807) is 68.4 Å². The molecule has 3 atom stereocenters. The van der Waals surface area contributed by atoms with E-state index in [2.05, 4.69) is 4.99 Å². The molecule has 2 aromatic rings. The SMILES string of the molecule is CCOP(=O)(OCC)[C@]1(c2ccccc2)N=C[C@H]2C(=O)N(c3ccccc3Cl)C(=O)[C@H]21. The summed E-state index contributed by atoms with van der Waals surface area (Å²) in [7, 11) is -4.01. The summed E-state index contributed by atoms with van der Waals surface area (Å²) in [6, 6.07) is 15.4. The van der Waals surface area contributed by atoms with Gasteiger partial charge in [-0.25, -0.2) is 4.90 Å². The van der Waals surface area contributed by atoms with E-state index in [0.717, 1.165) is 4.90 Å². The van der Waals surface area contributed by atoms with Gasteiger partial charge < -0.3 is 9.05 Å². The molecule has 2 aliphatic heterocycles. The minimum absolute atomic E-state index is 0.0924. The molecule has 0 aliphatic carbocycles. The molecule has 31 heavy (non-hydrogen) atoms. The molecule has 0 aromatic heterocycles. The lowest BCUT2D eigenvalue weighted by atomic mass is 9.87. The Morgan fingerprint density at radius 1 is 1.00 bits per heavy atom. The number of carbonyl (C=O) groups is 2. The maximum absolute atomic E-state index is 14.2. The van der Waals surface area contributed by atoms with Crippen molar-refractivity contribution in [3.63, 3.8) is 0 Å². The van der Waals surface area contributed by atoms with E-state index in [4.69, 9.17) is 20.6 Å². The van der Waals surface area contributed by atoms with Crippen LogP contribution in [0.25, 0.3) is 0 Å². The van der Waals surface area contributed by atoms with Crippen molar-refractivity contribution in [2.24, 2.45) is 16.8 Å². The van der Waals surface area contributed by atoms with Gasteiger partial charge in [-0.3, -0.25) is 19.1 Å². The van der Waals surface area contributed by atoms with Crippen molar-refractivity contribution < 1.29 is 23.2 Å². The Morgan fingerprint density at radius 2 is 1.61 bits per heavy atom. The molecule has 1 saturated heterocycles. The van der Waals surface area contributed by atoms with Gasteiger partial charge in [0.2, 0.25) is 11.8 Å². The second-order valence-electron chi connectivity index (χ2n) is 7.17. The number of carbonyl (C=O) groups excluding carboxylic acids is 2. The van der Waals surface area contributed by atoms with Gasteiger partial charge in [-0.1, -0.05) is 54.1 Å². The van der Waals surface area contributed by atoms with Crippen molar-refractivity contribution in [3.8, 4) is 0 Å². The van der Waals surface area contributed by atoms with Crippen molar-refractivity contribution >= 4 is 42.9 Å². The van der Waals surface area contributed by atoms with Crippen molar-refractivity contribution in [2.75, 3.05) is 18.1 Å². The third-order valence-electron chi connectivity index (χ3n) is 5.52. The molecule has 162 valence electrons. The van der Waals surface area contributed by atoms with Crippen LogP contribution in [0.1, 0.15) is 19.4 Å². The molecule has 0 spiro atoms. The van der Waals surface area contributed by atoms with Crippen LogP contribution in [0.2, 0.25) is 5.02 Å². The number of halogens is 1. The smallest absolute Gasteiger partial charge is 0.307 e. The number of amides is 2.